The van der Waals surface area contributed by atoms with E-state index in [4.69, 9.17) is 17.3 Å². The molecule has 0 aliphatic carbocycles. The Morgan fingerprint density at radius 2 is 1.83 bits per heavy atom. The highest BCUT2D eigenvalue weighted by molar-refractivity contribution is 7.82. The average molecular weight is 200 g/mol. The van der Waals surface area contributed by atoms with Gasteiger partial charge in [0.2, 0.25) is 5.78 Å². The van der Waals surface area contributed by atoms with Crippen LogP contribution in [0.4, 0.5) is 0 Å². The number of hydrogen-bond donors (Lipinski definition) is 1. The molecule has 1 aromatic carbocycles. The maximum Gasteiger partial charge on any atom is 0.219 e. The SMILES string of the molecule is NC(=S)C(=O)c1ccc(Cl)cc1. The Bertz CT molecular complexity index is 320. The van der Waals surface area contributed by atoms with Gasteiger partial charge in [-0.1, -0.05) is 23.8 Å². The maximum absolute atomic E-state index is 11.1. The van der Waals surface area contributed by atoms with E-state index in [-0.39, 0.29) is 10.8 Å². The van der Waals surface area contributed by atoms with Gasteiger partial charge in [0.05, 0.1) is 0 Å². The molecule has 0 unspecified atom stereocenters. The molecule has 0 saturated carbocycles. The molecule has 0 bridgehead atoms. The number of carbonyl (C=O) groups excluding carboxylic acids is 1. The minimum absolute atomic E-state index is 0.127. The molecular formula is C8H6ClNOS. The van der Waals surface area contributed by atoms with E-state index in [1.165, 1.54) is 0 Å². The standard InChI is InChI=1S/C8H6ClNOS/c9-6-3-1-5(2-4-6)7(11)8(10)12/h1-4H,(H2,10,12). The summed E-state index contributed by atoms with van der Waals surface area (Å²) in [6.45, 7) is 0. The first-order valence-electron chi connectivity index (χ1n) is 3.21. The molecule has 0 saturated heterocycles. The first kappa shape index (κ1) is 9.16. The van der Waals surface area contributed by atoms with Gasteiger partial charge in [0, 0.05) is 10.6 Å². The minimum atomic E-state index is -0.332. The lowest BCUT2D eigenvalue weighted by molar-refractivity contribution is 0.106. The summed E-state index contributed by atoms with van der Waals surface area (Å²) < 4.78 is 0. The van der Waals surface area contributed by atoms with Gasteiger partial charge in [-0.3, -0.25) is 4.79 Å². The Labute approximate surface area is 80.3 Å². The van der Waals surface area contributed by atoms with Crippen LogP contribution in [0.5, 0.6) is 0 Å². The number of Topliss-reactive ketones (excluding diaryl/α,β-unsaturated/α-hetero) is 1. The molecular weight excluding hydrogens is 194 g/mol. The van der Waals surface area contributed by atoms with E-state index in [9.17, 15) is 4.79 Å². The topological polar surface area (TPSA) is 43.1 Å². The van der Waals surface area contributed by atoms with Crippen molar-refractivity contribution in [3.05, 3.63) is 34.9 Å². The fraction of sp³-hybridized carbons (Fsp3) is 0. The van der Waals surface area contributed by atoms with Crippen LogP contribution in [0.15, 0.2) is 24.3 Å². The molecule has 0 aromatic heterocycles. The van der Waals surface area contributed by atoms with E-state index in [1.807, 2.05) is 0 Å². The molecule has 4 heteroatoms. The number of carbonyl (C=O) groups is 1. The lowest BCUT2D eigenvalue weighted by Crippen LogP contribution is -2.20. The van der Waals surface area contributed by atoms with Crippen LogP contribution in [0.25, 0.3) is 0 Å². The van der Waals surface area contributed by atoms with Crippen molar-refractivity contribution in [2.75, 3.05) is 0 Å². The first-order valence-corrected chi connectivity index (χ1v) is 3.99. The Kier molecular flexibility index (Phi) is 2.78. The van der Waals surface area contributed by atoms with Gasteiger partial charge in [0.25, 0.3) is 0 Å². The Morgan fingerprint density at radius 1 is 1.33 bits per heavy atom. The highest BCUT2D eigenvalue weighted by Crippen LogP contribution is 2.09. The van der Waals surface area contributed by atoms with Crippen LogP contribution in [-0.2, 0) is 0 Å². The summed E-state index contributed by atoms with van der Waals surface area (Å²) >= 11 is 10.1. The smallest absolute Gasteiger partial charge is 0.219 e. The molecule has 0 spiro atoms. The fourth-order valence-electron chi connectivity index (χ4n) is 0.744. The third kappa shape index (κ3) is 2.03. The van der Waals surface area contributed by atoms with Crippen molar-refractivity contribution in [1.82, 2.24) is 0 Å². The molecule has 1 rings (SSSR count). The second-order valence-electron chi connectivity index (χ2n) is 2.20. The Hall–Kier alpha value is -0.930. The third-order valence-electron chi connectivity index (χ3n) is 1.33. The number of nitrogens with two attached hydrogens (primary N) is 1. The van der Waals surface area contributed by atoms with Crippen LogP contribution in [0.1, 0.15) is 10.4 Å². The highest BCUT2D eigenvalue weighted by atomic mass is 35.5. The summed E-state index contributed by atoms with van der Waals surface area (Å²) in [5.74, 6) is -0.332. The summed E-state index contributed by atoms with van der Waals surface area (Å²) in [6.07, 6.45) is 0. The summed E-state index contributed by atoms with van der Waals surface area (Å²) in [4.78, 5) is 11.0. The number of ketones is 1. The third-order valence-corrected chi connectivity index (χ3v) is 1.77. The Balaban J connectivity index is 2.98. The van der Waals surface area contributed by atoms with Crippen LogP contribution in [0, 0.1) is 0 Å². The average Bonchev–Trinajstić information content (AvgIpc) is 2.04. The molecule has 0 heterocycles. The van der Waals surface area contributed by atoms with Crippen LogP contribution in [0.3, 0.4) is 0 Å². The molecule has 12 heavy (non-hydrogen) atoms. The van der Waals surface area contributed by atoms with Crippen molar-refractivity contribution in [1.29, 1.82) is 0 Å². The van der Waals surface area contributed by atoms with Gasteiger partial charge in [0.1, 0.15) is 4.99 Å². The number of hydrogen-bond acceptors (Lipinski definition) is 2. The quantitative estimate of drug-likeness (QED) is 0.584. The molecule has 1 aromatic rings. The van der Waals surface area contributed by atoms with Gasteiger partial charge in [-0.05, 0) is 24.3 Å². The maximum atomic E-state index is 11.1. The van der Waals surface area contributed by atoms with Crippen LogP contribution < -0.4 is 5.73 Å². The van der Waals surface area contributed by atoms with Gasteiger partial charge < -0.3 is 5.73 Å². The fourth-order valence-corrected chi connectivity index (χ4v) is 0.987. The summed E-state index contributed by atoms with van der Waals surface area (Å²) in [5.41, 5.74) is 5.62. The monoisotopic (exact) mass is 199 g/mol. The predicted octanol–water partition coefficient (Wildman–Crippen LogP) is 1.81. The molecule has 0 atom stereocenters. The van der Waals surface area contributed by atoms with Gasteiger partial charge in [-0.25, -0.2) is 0 Å². The number of halogens is 1. The summed E-state index contributed by atoms with van der Waals surface area (Å²) in [6, 6.07) is 6.41. The second-order valence-corrected chi connectivity index (χ2v) is 3.08. The molecule has 2 nitrogen and oxygen atoms in total. The van der Waals surface area contributed by atoms with Crippen molar-refractivity contribution in [3.8, 4) is 0 Å². The first-order chi connectivity index (χ1) is 5.61. The lowest BCUT2D eigenvalue weighted by atomic mass is 10.1. The van der Waals surface area contributed by atoms with E-state index in [0.717, 1.165) is 0 Å². The zero-order valence-corrected chi connectivity index (χ0v) is 7.65. The van der Waals surface area contributed by atoms with E-state index in [1.54, 1.807) is 24.3 Å². The molecule has 0 fully saturated rings. The molecule has 0 radical (unpaired) electrons. The van der Waals surface area contributed by atoms with Crippen molar-refractivity contribution in [3.63, 3.8) is 0 Å². The van der Waals surface area contributed by atoms with E-state index < -0.39 is 0 Å². The van der Waals surface area contributed by atoms with E-state index in [2.05, 4.69) is 12.2 Å². The van der Waals surface area contributed by atoms with Crippen molar-refractivity contribution in [2.45, 2.75) is 0 Å². The largest absolute Gasteiger partial charge is 0.387 e. The van der Waals surface area contributed by atoms with Crippen LogP contribution in [0.2, 0.25) is 5.02 Å². The normalized spacial score (nSPS) is 9.42. The van der Waals surface area contributed by atoms with Crippen molar-refractivity contribution in [2.24, 2.45) is 5.73 Å². The Morgan fingerprint density at radius 3 is 2.25 bits per heavy atom. The van der Waals surface area contributed by atoms with Gasteiger partial charge in [-0.2, -0.15) is 0 Å². The van der Waals surface area contributed by atoms with Crippen molar-refractivity contribution >= 4 is 34.6 Å². The predicted molar refractivity (Wildman–Crippen MR) is 52.6 cm³/mol. The van der Waals surface area contributed by atoms with Gasteiger partial charge in [0.15, 0.2) is 0 Å². The lowest BCUT2D eigenvalue weighted by Gasteiger charge is -1.97. The summed E-state index contributed by atoms with van der Waals surface area (Å²) in [5, 5.41) is 0.578. The van der Waals surface area contributed by atoms with Crippen molar-refractivity contribution < 1.29 is 4.79 Å². The number of benzene rings is 1. The molecule has 2 N–H and O–H groups in total. The van der Waals surface area contributed by atoms with Gasteiger partial charge in [-0.15, -0.1) is 0 Å². The molecule has 62 valence electrons. The molecule has 0 aliphatic rings. The second kappa shape index (κ2) is 3.65. The minimum Gasteiger partial charge on any atom is -0.387 e. The molecule has 0 aliphatic heterocycles. The van der Waals surface area contributed by atoms with Crippen LogP contribution >= 0.6 is 23.8 Å². The molecule has 0 amide bonds. The van der Waals surface area contributed by atoms with Gasteiger partial charge >= 0.3 is 0 Å². The number of thiocarbonyl (C=S) groups is 1. The zero-order valence-electron chi connectivity index (χ0n) is 6.08. The van der Waals surface area contributed by atoms with Crippen LogP contribution in [-0.4, -0.2) is 10.8 Å². The zero-order chi connectivity index (χ0) is 9.14. The van der Waals surface area contributed by atoms with E-state index in [0.29, 0.717) is 10.6 Å². The number of rotatable bonds is 2. The summed E-state index contributed by atoms with van der Waals surface area (Å²) in [7, 11) is 0. The van der Waals surface area contributed by atoms with E-state index >= 15 is 0 Å². The highest BCUT2D eigenvalue weighted by Gasteiger charge is 2.07.